The lowest BCUT2D eigenvalue weighted by Crippen LogP contribution is -2.11. The Labute approximate surface area is 101 Å². The molecule has 0 aliphatic heterocycles. The Morgan fingerprint density at radius 2 is 2.29 bits per heavy atom. The van der Waals surface area contributed by atoms with E-state index in [1.54, 1.807) is 6.92 Å². The number of carbonyl (C=O) groups is 1. The molecule has 1 amide bonds. The lowest BCUT2D eigenvalue weighted by atomic mass is 10.2. The number of hydrogen-bond acceptors (Lipinski definition) is 4. The van der Waals surface area contributed by atoms with E-state index >= 15 is 0 Å². The number of benzene rings is 1. The van der Waals surface area contributed by atoms with Crippen LogP contribution >= 0.6 is 11.3 Å². The van der Waals surface area contributed by atoms with E-state index in [0.29, 0.717) is 21.3 Å². The number of hydrogen-bond donors (Lipinski definition) is 2. The molecule has 0 saturated carbocycles. The smallest absolute Gasteiger partial charge is 0.267 e. The Bertz CT molecular complexity index is 568. The van der Waals surface area contributed by atoms with Crippen LogP contribution in [0.4, 0.5) is 15.2 Å². The minimum absolute atomic E-state index is 0.297. The molecule has 2 rings (SSSR count). The third kappa shape index (κ3) is 2.59. The topological polar surface area (TPSA) is 68.0 Å². The molecule has 0 spiro atoms. The molecule has 0 unspecified atom stereocenters. The summed E-state index contributed by atoms with van der Waals surface area (Å²) in [4.78, 5) is 16.0. The first kappa shape index (κ1) is 11.5. The van der Waals surface area contributed by atoms with Crippen LogP contribution in [0.1, 0.15) is 15.2 Å². The van der Waals surface area contributed by atoms with Crippen molar-refractivity contribution >= 4 is 28.1 Å². The molecular weight excluding hydrogens is 241 g/mol. The van der Waals surface area contributed by atoms with Crippen molar-refractivity contribution in [1.29, 1.82) is 0 Å². The summed E-state index contributed by atoms with van der Waals surface area (Å²) in [6.45, 7) is 1.72. The summed E-state index contributed by atoms with van der Waals surface area (Å²) in [5, 5.41) is 3.02. The first-order chi connectivity index (χ1) is 8.06. The van der Waals surface area contributed by atoms with E-state index < -0.39 is 0 Å². The summed E-state index contributed by atoms with van der Waals surface area (Å²) in [5.41, 5.74) is 6.67. The summed E-state index contributed by atoms with van der Waals surface area (Å²) in [6.07, 6.45) is 1.41. The Morgan fingerprint density at radius 3 is 2.88 bits per heavy atom. The molecule has 17 heavy (non-hydrogen) atoms. The van der Waals surface area contributed by atoms with Crippen LogP contribution in [0.25, 0.3) is 0 Å². The number of aromatic nitrogens is 1. The minimum atomic E-state index is -0.331. The van der Waals surface area contributed by atoms with Gasteiger partial charge in [-0.05, 0) is 30.7 Å². The fourth-order valence-electron chi connectivity index (χ4n) is 1.34. The number of amides is 1. The van der Waals surface area contributed by atoms with Crippen molar-refractivity contribution in [2.24, 2.45) is 0 Å². The van der Waals surface area contributed by atoms with Gasteiger partial charge in [0.05, 0.1) is 6.20 Å². The van der Waals surface area contributed by atoms with Crippen molar-refractivity contribution in [1.82, 2.24) is 4.98 Å². The fraction of sp³-hybridized carbons (Fsp3) is 0.0909. The van der Waals surface area contributed by atoms with E-state index in [0.717, 1.165) is 11.3 Å². The molecule has 0 aliphatic carbocycles. The number of nitrogens with two attached hydrogens (primary N) is 1. The molecule has 3 N–H and O–H groups in total. The SMILES string of the molecule is Cc1cc(F)ccc1NC(=O)c1cnc(N)s1. The van der Waals surface area contributed by atoms with Crippen molar-refractivity contribution in [2.75, 3.05) is 11.1 Å². The van der Waals surface area contributed by atoms with Gasteiger partial charge in [-0.15, -0.1) is 0 Å². The normalized spacial score (nSPS) is 10.2. The van der Waals surface area contributed by atoms with Gasteiger partial charge in [0.25, 0.3) is 5.91 Å². The summed E-state index contributed by atoms with van der Waals surface area (Å²) in [7, 11) is 0. The van der Waals surface area contributed by atoms with Crippen molar-refractivity contribution < 1.29 is 9.18 Å². The molecule has 1 aromatic heterocycles. The molecule has 2 aromatic rings. The molecule has 1 aromatic carbocycles. The standard InChI is InChI=1S/C11H10FN3OS/c1-6-4-7(12)2-3-8(6)15-10(16)9-5-14-11(13)17-9/h2-5H,1H3,(H2,13,14)(H,15,16). The van der Waals surface area contributed by atoms with Gasteiger partial charge in [-0.3, -0.25) is 4.79 Å². The van der Waals surface area contributed by atoms with Crippen molar-refractivity contribution in [3.05, 3.63) is 40.7 Å². The van der Waals surface area contributed by atoms with Crippen LogP contribution in [-0.4, -0.2) is 10.9 Å². The predicted molar refractivity (Wildman–Crippen MR) is 65.6 cm³/mol. The third-order valence-corrected chi connectivity index (χ3v) is 3.01. The number of nitrogens with one attached hydrogen (secondary N) is 1. The second-order valence-electron chi connectivity index (χ2n) is 3.48. The van der Waals surface area contributed by atoms with Gasteiger partial charge in [0.2, 0.25) is 0 Å². The van der Waals surface area contributed by atoms with Gasteiger partial charge in [0, 0.05) is 5.69 Å². The quantitative estimate of drug-likeness (QED) is 0.861. The van der Waals surface area contributed by atoms with Gasteiger partial charge in [0.1, 0.15) is 10.7 Å². The number of nitrogens with zero attached hydrogens (tertiary/aromatic N) is 1. The Morgan fingerprint density at radius 1 is 1.53 bits per heavy atom. The maximum absolute atomic E-state index is 12.9. The first-order valence-corrected chi connectivity index (χ1v) is 5.67. The molecule has 0 fully saturated rings. The van der Waals surface area contributed by atoms with Gasteiger partial charge in [-0.25, -0.2) is 9.37 Å². The van der Waals surface area contributed by atoms with Gasteiger partial charge in [-0.2, -0.15) is 0 Å². The highest BCUT2D eigenvalue weighted by molar-refractivity contribution is 7.17. The molecule has 0 radical (unpaired) electrons. The van der Waals surface area contributed by atoms with E-state index in [9.17, 15) is 9.18 Å². The van der Waals surface area contributed by atoms with Crippen LogP contribution in [-0.2, 0) is 0 Å². The van der Waals surface area contributed by atoms with Crippen molar-refractivity contribution in [3.63, 3.8) is 0 Å². The highest BCUT2D eigenvalue weighted by atomic mass is 32.1. The fourth-order valence-corrected chi connectivity index (χ4v) is 1.92. The Kier molecular flexibility index (Phi) is 3.06. The van der Waals surface area contributed by atoms with Gasteiger partial charge < -0.3 is 11.1 Å². The molecule has 6 heteroatoms. The molecule has 0 aliphatic rings. The maximum atomic E-state index is 12.9. The second kappa shape index (κ2) is 4.50. The van der Waals surface area contributed by atoms with E-state index in [4.69, 9.17) is 5.73 Å². The highest BCUT2D eigenvalue weighted by Gasteiger charge is 2.10. The lowest BCUT2D eigenvalue weighted by molar-refractivity contribution is 0.103. The largest absolute Gasteiger partial charge is 0.375 e. The third-order valence-electron chi connectivity index (χ3n) is 2.18. The molecule has 4 nitrogen and oxygen atoms in total. The maximum Gasteiger partial charge on any atom is 0.267 e. The zero-order valence-corrected chi connectivity index (χ0v) is 9.84. The van der Waals surface area contributed by atoms with Crippen LogP contribution < -0.4 is 11.1 Å². The zero-order chi connectivity index (χ0) is 12.4. The lowest BCUT2D eigenvalue weighted by Gasteiger charge is -2.06. The van der Waals surface area contributed by atoms with Gasteiger partial charge in [0.15, 0.2) is 5.13 Å². The number of thiazole rings is 1. The molecular formula is C11H10FN3OS. The first-order valence-electron chi connectivity index (χ1n) is 4.85. The van der Waals surface area contributed by atoms with Crippen LogP contribution in [0.5, 0.6) is 0 Å². The molecule has 88 valence electrons. The van der Waals surface area contributed by atoms with E-state index in [2.05, 4.69) is 10.3 Å². The molecule has 0 bridgehead atoms. The molecule has 0 atom stereocenters. The number of rotatable bonds is 2. The molecule has 0 saturated heterocycles. The summed E-state index contributed by atoms with van der Waals surface area (Å²) < 4.78 is 12.9. The van der Waals surface area contributed by atoms with Gasteiger partial charge in [-0.1, -0.05) is 11.3 Å². The minimum Gasteiger partial charge on any atom is -0.375 e. The number of halogens is 1. The average Bonchev–Trinajstić information content (AvgIpc) is 2.69. The number of anilines is 2. The predicted octanol–water partition coefficient (Wildman–Crippen LogP) is 2.43. The van der Waals surface area contributed by atoms with Crippen LogP contribution in [0.15, 0.2) is 24.4 Å². The highest BCUT2D eigenvalue weighted by Crippen LogP contribution is 2.19. The van der Waals surface area contributed by atoms with Crippen LogP contribution in [0, 0.1) is 12.7 Å². The Hall–Kier alpha value is -1.95. The summed E-state index contributed by atoms with van der Waals surface area (Å²) >= 11 is 1.10. The Balaban J connectivity index is 2.18. The van der Waals surface area contributed by atoms with E-state index in [1.165, 1.54) is 24.4 Å². The van der Waals surface area contributed by atoms with Gasteiger partial charge >= 0.3 is 0 Å². The molecule has 1 heterocycles. The van der Waals surface area contributed by atoms with E-state index in [-0.39, 0.29) is 11.7 Å². The zero-order valence-electron chi connectivity index (χ0n) is 9.03. The van der Waals surface area contributed by atoms with E-state index in [1.807, 2.05) is 0 Å². The average molecular weight is 251 g/mol. The van der Waals surface area contributed by atoms with Crippen LogP contribution in [0.2, 0.25) is 0 Å². The van der Waals surface area contributed by atoms with Crippen molar-refractivity contribution in [3.8, 4) is 0 Å². The monoisotopic (exact) mass is 251 g/mol. The second-order valence-corrected chi connectivity index (χ2v) is 4.54. The van der Waals surface area contributed by atoms with Crippen LogP contribution in [0.3, 0.4) is 0 Å². The number of carbonyl (C=O) groups excluding carboxylic acids is 1. The summed E-state index contributed by atoms with van der Waals surface area (Å²) in [6, 6.07) is 4.17. The number of aryl methyl sites for hydroxylation is 1. The number of nitrogen functional groups attached to an aromatic ring is 1. The summed E-state index contributed by atoms with van der Waals surface area (Å²) in [5.74, 6) is -0.628. The van der Waals surface area contributed by atoms with Crippen molar-refractivity contribution in [2.45, 2.75) is 6.92 Å².